The Morgan fingerprint density at radius 3 is 2.50 bits per heavy atom. The van der Waals surface area contributed by atoms with Gasteiger partial charge in [-0.2, -0.15) is 0 Å². The van der Waals surface area contributed by atoms with E-state index in [2.05, 4.69) is 20.5 Å². The van der Waals surface area contributed by atoms with Crippen LogP contribution in [0.15, 0.2) is 48.5 Å². The molecule has 1 aliphatic rings. The van der Waals surface area contributed by atoms with E-state index in [-0.39, 0.29) is 51.8 Å². The molecule has 0 radical (unpaired) electrons. The summed E-state index contributed by atoms with van der Waals surface area (Å²) in [7, 11) is 1.36. The van der Waals surface area contributed by atoms with Crippen LogP contribution in [0.5, 0.6) is 5.75 Å². The molecule has 1 aliphatic carbocycles. The number of aromatic nitrogens is 3. The molecule has 4 aromatic rings. The van der Waals surface area contributed by atoms with Gasteiger partial charge in [0.05, 0.1) is 36.2 Å². The number of pyridine rings is 1. The van der Waals surface area contributed by atoms with Crippen LogP contribution in [0.1, 0.15) is 53.5 Å². The van der Waals surface area contributed by atoms with Crippen molar-refractivity contribution in [2.75, 3.05) is 13.7 Å². The van der Waals surface area contributed by atoms with Gasteiger partial charge in [-0.15, -0.1) is 10.2 Å². The monoisotopic (exact) mass is 600 g/mol. The summed E-state index contributed by atoms with van der Waals surface area (Å²) in [6, 6.07) is 11.2. The number of aliphatic hydroxyl groups excluding tert-OH is 1. The highest BCUT2D eigenvalue weighted by Crippen LogP contribution is 2.46. The maximum absolute atomic E-state index is 13.6. The number of rotatable bonds is 10. The van der Waals surface area contributed by atoms with Crippen LogP contribution in [-0.4, -0.2) is 51.1 Å². The Labute approximate surface area is 244 Å². The van der Waals surface area contributed by atoms with Gasteiger partial charge < -0.3 is 20.3 Å². The topological polar surface area (TPSA) is 117 Å². The number of nitrogens with one attached hydrogen (secondary N) is 1. The van der Waals surface area contributed by atoms with E-state index >= 15 is 0 Å². The zero-order chi connectivity index (χ0) is 30.2. The number of nitrogens with zero attached hydrogens (tertiary/aromatic N) is 3. The molecule has 1 saturated carbocycles. The van der Waals surface area contributed by atoms with Crippen molar-refractivity contribution in [2.45, 2.75) is 44.3 Å². The highest BCUT2D eigenvalue weighted by molar-refractivity contribution is 6.33. The smallest absolute Gasteiger partial charge is 0.282 e. The van der Waals surface area contributed by atoms with E-state index in [4.69, 9.17) is 16.3 Å². The number of carbonyl (C=O) groups is 1. The van der Waals surface area contributed by atoms with Crippen molar-refractivity contribution in [1.29, 1.82) is 0 Å². The molecular weight excluding hydrogens is 573 g/mol. The molecule has 5 rings (SSSR count). The van der Waals surface area contributed by atoms with Crippen LogP contribution >= 0.6 is 11.6 Å². The fourth-order valence-corrected chi connectivity index (χ4v) is 5.21. The SMILES string of the molecule is COc1cc(C(=O)NCC(O)(c2cc(CC(C)O)c(Cl)c(-c3ccc(F)cc3)n2)C2CC2)cc2cc(C(F)F)nnc12. The van der Waals surface area contributed by atoms with Crippen LogP contribution in [0.2, 0.25) is 5.02 Å². The third kappa shape index (κ3) is 6.04. The van der Waals surface area contributed by atoms with Gasteiger partial charge in [-0.05, 0) is 86.2 Å². The van der Waals surface area contributed by atoms with Crippen LogP contribution in [0.3, 0.4) is 0 Å². The van der Waals surface area contributed by atoms with Gasteiger partial charge in [0.15, 0.2) is 0 Å². The molecule has 2 heterocycles. The number of hydrogen-bond acceptors (Lipinski definition) is 7. The molecule has 2 aromatic heterocycles. The van der Waals surface area contributed by atoms with E-state index in [9.17, 15) is 28.2 Å². The number of amides is 1. The number of fused-ring (bicyclic) bond motifs is 1. The molecule has 3 N–H and O–H groups in total. The second-order valence-electron chi connectivity index (χ2n) is 10.5. The maximum atomic E-state index is 13.6. The van der Waals surface area contributed by atoms with Gasteiger partial charge in [0.2, 0.25) is 0 Å². The normalized spacial score (nSPS) is 15.5. The first-order valence-corrected chi connectivity index (χ1v) is 13.7. The third-order valence-corrected chi connectivity index (χ3v) is 7.68. The van der Waals surface area contributed by atoms with E-state index in [1.54, 1.807) is 13.0 Å². The molecule has 1 amide bonds. The highest BCUT2D eigenvalue weighted by Gasteiger charge is 2.47. The van der Waals surface area contributed by atoms with E-state index in [0.29, 0.717) is 29.7 Å². The third-order valence-electron chi connectivity index (χ3n) is 7.26. The summed E-state index contributed by atoms with van der Waals surface area (Å²) >= 11 is 6.67. The Bertz CT molecular complexity index is 1630. The van der Waals surface area contributed by atoms with Crippen molar-refractivity contribution in [2.24, 2.45) is 5.92 Å². The van der Waals surface area contributed by atoms with Crippen molar-refractivity contribution in [3.63, 3.8) is 0 Å². The van der Waals surface area contributed by atoms with Crippen molar-refractivity contribution in [1.82, 2.24) is 20.5 Å². The molecule has 0 aliphatic heterocycles. The summed E-state index contributed by atoms with van der Waals surface area (Å²) in [6.07, 6.45) is -2.04. The lowest BCUT2D eigenvalue weighted by molar-refractivity contribution is 0.00948. The lowest BCUT2D eigenvalue weighted by Crippen LogP contribution is -2.43. The van der Waals surface area contributed by atoms with Gasteiger partial charge >= 0.3 is 0 Å². The predicted octanol–water partition coefficient (Wildman–Crippen LogP) is 5.38. The van der Waals surface area contributed by atoms with Gasteiger partial charge in [0, 0.05) is 16.5 Å². The van der Waals surface area contributed by atoms with Crippen molar-refractivity contribution < 1.29 is 32.9 Å². The summed E-state index contributed by atoms with van der Waals surface area (Å²) in [5.41, 5.74) is -0.193. The number of benzene rings is 2. The van der Waals surface area contributed by atoms with E-state index in [0.717, 1.165) is 6.07 Å². The molecule has 0 saturated heterocycles. The minimum atomic E-state index is -2.84. The van der Waals surface area contributed by atoms with Gasteiger partial charge in [-0.3, -0.25) is 4.79 Å². The largest absolute Gasteiger partial charge is 0.494 e. The highest BCUT2D eigenvalue weighted by atomic mass is 35.5. The van der Waals surface area contributed by atoms with Crippen LogP contribution < -0.4 is 10.1 Å². The number of ether oxygens (including phenoxy) is 1. The standard InChI is InChI=1S/C30H28ClF3N4O4/c1-15(39)9-17-13-24(36-27(25(17)31)16-3-7-21(32)8-4-16)30(41,20-5-6-20)14-35-29(40)19-10-18-11-22(28(33)34)37-38-26(18)23(12-19)42-2/h3-4,7-8,10-13,15,20,28,39,41H,5-6,9,14H2,1-2H3,(H,35,40). The van der Waals surface area contributed by atoms with Crippen molar-refractivity contribution >= 4 is 28.4 Å². The van der Waals surface area contributed by atoms with Crippen LogP contribution in [0.25, 0.3) is 22.2 Å². The minimum absolute atomic E-state index is 0.108. The van der Waals surface area contributed by atoms with Gasteiger partial charge in [-0.1, -0.05) is 11.6 Å². The van der Waals surface area contributed by atoms with Gasteiger partial charge in [0.1, 0.15) is 28.4 Å². The Balaban J connectivity index is 1.50. The fraction of sp³-hybridized carbons (Fsp3) is 0.333. The summed E-state index contributed by atoms with van der Waals surface area (Å²) in [5.74, 6) is -1.06. The lowest BCUT2D eigenvalue weighted by atomic mass is 9.90. The molecule has 2 atom stereocenters. The molecule has 12 heteroatoms. The predicted molar refractivity (Wildman–Crippen MR) is 150 cm³/mol. The Morgan fingerprint density at radius 1 is 1.17 bits per heavy atom. The number of aliphatic hydroxyl groups is 2. The summed E-state index contributed by atoms with van der Waals surface area (Å²) in [4.78, 5) is 18.0. The second-order valence-corrected chi connectivity index (χ2v) is 10.8. The molecule has 1 fully saturated rings. The second kappa shape index (κ2) is 11.8. The number of alkyl halides is 2. The molecule has 0 spiro atoms. The lowest BCUT2D eigenvalue weighted by Gasteiger charge is -2.29. The number of carbonyl (C=O) groups excluding carboxylic acids is 1. The zero-order valence-electron chi connectivity index (χ0n) is 22.7. The minimum Gasteiger partial charge on any atom is -0.494 e. The molecule has 0 bridgehead atoms. The number of halogens is 4. The molecule has 8 nitrogen and oxygen atoms in total. The molecule has 2 unspecified atom stereocenters. The van der Waals surface area contributed by atoms with E-state index < -0.39 is 35.5 Å². The summed E-state index contributed by atoms with van der Waals surface area (Å²) in [6.45, 7) is 1.38. The average Bonchev–Trinajstić information content (AvgIpc) is 3.82. The quantitative estimate of drug-likeness (QED) is 0.224. The molecule has 2 aromatic carbocycles. The summed E-state index contributed by atoms with van der Waals surface area (Å²) in [5, 5.41) is 32.7. The first kappa shape index (κ1) is 29.7. The molecule has 42 heavy (non-hydrogen) atoms. The zero-order valence-corrected chi connectivity index (χ0v) is 23.5. The Morgan fingerprint density at radius 2 is 1.88 bits per heavy atom. The average molecular weight is 601 g/mol. The van der Waals surface area contributed by atoms with Crippen LogP contribution in [0, 0.1) is 11.7 Å². The van der Waals surface area contributed by atoms with Crippen LogP contribution in [0.4, 0.5) is 13.2 Å². The Hall–Kier alpha value is -3.80. The first-order chi connectivity index (χ1) is 20.0. The number of hydrogen-bond donors (Lipinski definition) is 3. The summed E-state index contributed by atoms with van der Waals surface area (Å²) < 4.78 is 45.4. The van der Waals surface area contributed by atoms with Crippen molar-refractivity contribution in [3.8, 4) is 17.0 Å². The number of methoxy groups -OCH3 is 1. The fourth-order valence-electron chi connectivity index (χ4n) is 4.93. The molecule has 220 valence electrons. The van der Waals surface area contributed by atoms with Crippen molar-refractivity contribution in [3.05, 3.63) is 81.9 Å². The van der Waals surface area contributed by atoms with E-state index in [1.807, 2.05) is 0 Å². The van der Waals surface area contributed by atoms with Gasteiger partial charge in [0.25, 0.3) is 12.3 Å². The Kier molecular flexibility index (Phi) is 8.36. The first-order valence-electron chi connectivity index (χ1n) is 13.3. The van der Waals surface area contributed by atoms with Crippen LogP contribution in [-0.2, 0) is 12.0 Å². The maximum Gasteiger partial charge on any atom is 0.282 e. The van der Waals surface area contributed by atoms with E-state index in [1.165, 1.54) is 43.5 Å². The molecular formula is C30H28ClF3N4O4. The van der Waals surface area contributed by atoms with Gasteiger partial charge in [-0.25, -0.2) is 18.2 Å².